The highest BCUT2D eigenvalue weighted by Gasteiger charge is 2.34. The third-order valence-electron chi connectivity index (χ3n) is 6.09. The van der Waals surface area contributed by atoms with E-state index in [9.17, 15) is 21.6 Å². The molecule has 13 heteroatoms. The van der Waals surface area contributed by atoms with Crippen LogP contribution in [0.5, 0.6) is 11.5 Å². The number of ether oxygens (including phenoxy) is 2. The van der Waals surface area contributed by atoms with Gasteiger partial charge < -0.3 is 14.8 Å². The molecule has 2 aromatic carbocycles. The summed E-state index contributed by atoms with van der Waals surface area (Å²) in [5, 5.41) is 5.12. The van der Waals surface area contributed by atoms with Crippen molar-refractivity contribution >= 4 is 42.2 Å². The molecule has 1 fully saturated rings. The fourth-order valence-corrected chi connectivity index (χ4v) is 7.99. The predicted octanol–water partition coefficient (Wildman–Crippen LogP) is 2.98. The topological polar surface area (TPSA) is 132 Å². The molecular weight excluding hydrogens is 526 g/mol. The standard InChI is InChI=1S/C23H23N3O7S3/c1-35(28,29)20-4-2-3-5-21(20)36(30,31)26-10-8-15(9-11-26)22(27)25-23-24-17(13-34-23)16-6-7-18-19(12-16)33-14-32-18/h2-7,12-13,15H,8-11,14H2,1H3,(H,24,25,27). The van der Waals surface area contributed by atoms with Crippen molar-refractivity contribution in [1.82, 2.24) is 9.29 Å². The number of fused-ring (bicyclic) bond motifs is 1. The number of amides is 1. The fourth-order valence-electron chi connectivity index (χ4n) is 4.19. The van der Waals surface area contributed by atoms with Gasteiger partial charge in [0.05, 0.1) is 10.6 Å². The van der Waals surface area contributed by atoms with Crippen LogP contribution in [0.1, 0.15) is 12.8 Å². The van der Waals surface area contributed by atoms with Crippen LogP contribution in [0.25, 0.3) is 11.3 Å². The number of piperidine rings is 1. The number of hydrogen-bond acceptors (Lipinski definition) is 9. The molecule has 0 aliphatic carbocycles. The molecular formula is C23H23N3O7S3. The van der Waals surface area contributed by atoms with E-state index in [-0.39, 0.29) is 41.5 Å². The normalized spacial score (nSPS) is 16.7. The van der Waals surface area contributed by atoms with Gasteiger partial charge in [-0.05, 0) is 43.2 Å². The van der Waals surface area contributed by atoms with Crippen LogP contribution in [0.15, 0.2) is 57.6 Å². The van der Waals surface area contributed by atoms with Crippen LogP contribution < -0.4 is 14.8 Å². The lowest BCUT2D eigenvalue weighted by molar-refractivity contribution is -0.120. The van der Waals surface area contributed by atoms with Gasteiger partial charge in [-0.25, -0.2) is 21.8 Å². The van der Waals surface area contributed by atoms with E-state index in [1.54, 1.807) is 0 Å². The zero-order valence-corrected chi connectivity index (χ0v) is 21.7. The third-order valence-corrected chi connectivity index (χ3v) is 10.1. The first-order valence-corrected chi connectivity index (χ1v) is 15.3. The largest absolute Gasteiger partial charge is 0.454 e. The molecule has 2 aliphatic rings. The molecule has 3 heterocycles. The average molecular weight is 550 g/mol. The van der Waals surface area contributed by atoms with Crippen molar-refractivity contribution in [3.05, 3.63) is 47.8 Å². The summed E-state index contributed by atoms with van der Waals surface area (Å²) in [5.74, 6) is 0.706. The van der Waals surface area contributed by atoms with Gasteiger partial charge in [0.15, 0.2) is 26.5 Å². The van der Waals surface area contributed by atoms with Crippen LogP contribution in [-0.2, 0) is 24.7 Å². The van der Waals surface area contributed by atoms with E-state index in [1.165, 1.54) is 39.9 Å². The Morgan fingerprint density at radius 1 is 1.03 bits per heavy atom. The first-order valence-electron chi connectivity index (χ1n) is 11.1. The number of sulfonamides is 1. The monoisotopic (exact) mass is 549 g/mol. The van der Waals surface area contributed by atoms with Gasteiger partial charge in [0.25, 0.3) is 0 Å². The lowest BCUT2D eigenvalue weighted by atomic mass is 9.97. The van der Waals surface area contributed by atoms with Gasteiger partial charge in [0, 0.05) is 36.2 Å². The van der Waals surface area contributed by atoms with E-state index >= 15 is 0 Å². The third kappa shape index (κ3) is 4.83. The van der Waals surface area contributed by atoms with Gasteiger partial charge in [0.1, 0.15) is 4.90 Å². The van der Waals surface area contributed by atoms with Gasteiger partial charge >= 0.3 is 0 Å². The van der Waals surface area contributed by atoms with Gasteiger partial charge in [0.2, 0.25) is 22.7 Å². The summed E-state index contributed by atoms with van der Waals surface area (Å²) < 4.78 is 62.5. The lowest BCUT2D eigenvalue weighted by Gasteiger charge is -2.30. The Kier molecular flexibility index (Phi) is 6.49. The number of rotatable bonds is 6. The summed E-state index contributed by atoms with van der Waals surface area (Å²) in [5.41, 5.74) is 1.53. The molecule has 0 unspecified atom stereocenters. The van der Waals surface area contributed by atoms with Gasteiger partial charge in [-0.3, -0.25) is 4.79 Å². The van der Waals surface area contributed by atoms with Gasteiger partial charge in [-0.2, -0.15) is 4.31 Å². The van der Waals surface area contributed by atoms with E-state index in [0.29, 0.717) is 35.2 Å². The smallest absolute Gasteiger partial charge is 0.244 e. The molecule has 10 nitrogen and oxygen atoms in total. The lowest BCUT2D eigenvalue weighted by Crippen LogP contribution is -2.41. The van der Waals surface area contributed by atoms with E-state index in [4.69, 9.17) is 9.47 Å². The highest BCUT2D eigenvalue weighted by molar-refractivity contribution is 7.93. The van der Waals surface area contributed by atoms with Crippen molar-refractivity contribution in [3.8, 4) is 22.8 Å². The summed E-state index contributed by atoms with van der Waals surface area (Å²) >= 11 is 1.30. The maximum absolute atomic E-state index is 13.2. The number of aromatic nitrogens is 1. The number of nitrogens with zero attached hydrogens (tertiary/aromatic N) is 2. The quantitative estimate of drug-likeness (QED) is 0.496. The summed E-state index contributed by atoms with van der Waals surface area (Å²) in [7, 11) is -7.75. The van der Waals surface area contributed by atoms with Crippen LogP contribution in [0.4, 0.5) is 5.13 Å². The second kappa shape index (κ2) is 9.47. The number of sulfone groups is 1. The van der Waals surface area contributed by atoms with E-state index in [0.717, 1.165) is 11.8 Å². The van der Waals surface area contributed by atoms with Crippen LogP contribution in [0.2, 0.25) is 0 Å². The molecule has 0 bridgehead atoms. The molecule has 5 rings (SSSR count). The zero-order chi connectivity index (χ0) is 25.5. The van der Waals surface area contributed by atoms with E-state index in [2.05, 4.69) is 10.3 Å². The SMILES string of the molecule is CS(=O)(=O)c1ccccc1S(=O)(=O)N1CCC(C(=O)Nc2nc(-c3ccc4c(c3)OCO4)cs2)CC1. The number of carbonyl (C=O) groups is 1. The highest BCUT2D eigenvalue weighted by atomic mass is 32.2. The molecule has 2 aliphatic heterocycles. The minimum Gasteiger partial charge on any atom is -0.454 e. The van der Waals surface area contributed by atoms with Gasteiger partial charge in [-0.15, -0.1) is 11.3 Å². The van der Waals surface area contributed by atoms with Crippen molar-refractivity contribution in [2.45, 2.75) is 22.6 Å². The Balaban J connectivity index is 1.23. The Morgan fingerprint density at radius 3 is 2.44 bits per heavy atom. The number of nitrogens with one attached hydrogen (secondary N) is 1. The van der Waals surface area contributed by atoms with Crippen molar-refractivity contribution in [3.63, 3.8) is 0 Å². The molecule has 36 heavy (non-hydrogen) atoms. The van der Waals surface area contributed by atoms with Crippen molar-refractivity contribution in [2.75, 3.05) is 31.5 Å². The summed E-state index contributed by atoms with van der Waals surface area (Å²) in [6.07, 6.45) is 1.60. The molecule has 1 aromatic heterocycles. The number of thiazole rings is 1. The summed E-state index contributed by atoms with van der Waals surface area (Å²) in [4.78, 5) is 16.9. The molecule has 0 radical (unpaired) electrons. The number of benzene rings is 2. The molecule has 3 aromatic rings. The molecule has 0 saturated carbocycles. The first-order chi connectivity index (χ1) is 17.1. The summed E-state index contributed by atoms with van der Waals surface area (Å²) in [6.45, 7) is 0.402. The molecule has 190 valence electrons. The average Bonchev–Trinajstić information content (AvgIpc) is 3.52. The van der Waals surface area contributed by atoms with Crippen LogP contribution in [0, 0.1) is 5.92 Å². The van der Waals surface area contributed by atoms with Crippen LogP contribution in [-0.4, -0.2) is 58.2 Å². The first kappa shape index (κ1) is 24.7. The maximum atomic E-state index is 13.2. The molecule has 1 amide bonds. The Labute approximate surface area is 212 Å². The molecule has 1 saturated heterocycles. The maximum Gasteiger partial charge on any atom is 0.244 e. The van der Waals surface area contributed by atoms with Crippen molar-refractivity contribution in [1.29, 1.82) is 0 Å². The van der Waals surface area contributed by atoms with Crippen LogP contribution >= 0.6 is 11.3 Å². The second-order valence-corrected chi connectivity index (χ2v) is 13.2. The van der Waals surface area contributed by atoms with E-state index < -0.39 is 19.9 Å². The Bertz CT molecular complexity index is 1530. The van der Waals surface area contributed by atoms with Gasteiger partial charge in [-0.1, -0.05) is 12.1 Å². The highest BCUT2D eigenvalue weighted by Crippen LogP contribution is 2.37. The molecule has 1 N–H and O–H groups in total. The second-order valence-electron chi connectivity index (χ2n) is 8.49. The van der Waals surface area contributed by atoms with Crippen molar-refractivity contribution < 1.29 is 31.1 Å². The summed E-state index contributed by atoms with van der Waals surface area (Å²) in [6, 6.07) is 11.1. The predicted molar refractivity (Wildman–Crippen MR) is 133 cm³/mol. The molecule has 0 atom stereocenters. The zero-order valence-electron chi connectivity index (χ0n) is 19.2. The molecule has 0 spiro atoms. The Hall–Kier alpha value is -3.00. The Morgan fingerprint density at radius 2 is 1.72 bits per heavy atom. The number of carbonyl (C=O) groups excluding carboxylic acids is 1. The number of anilines is 1. The van der Waals surface area contributed by atoms with Crippen LogP contribution in [0.3, 0.4) is 0 Å². The van der Waals surface area contributed by atoms with Crippen molar-refractivity contribution in [2.24, 2.45) is 5.92 Å². The number of hydrogen-bond donors (Lipinski definition) is 1. The minimum absolute atomic E-state index is 0.110. The fraction of sp³-hybridized carbons (Fsp3) is 0.304. The minimum atomic E-state index is -4.02. The van der Waals surface area contributed by atoms with E-state index in [1.807, 2.05) is 23.6 Å².